The monoisotopic (exact) mass is 235 g/mol. The van der Waals surface area contributed by atoms with Gasteiger partial charge >= 0.3 is 11.9 Å². The lowest BCUT2D eigenvalue weighted by molar-refractivity contribution is -0.139. The Morgan fingerprint density at radius 2 is 1.80 bits per heavy atom. The highest BCUT2D eigenvalue weighted by Gasteiger charge is 2.09. The summed E-state index contributed by atoms with van der Waals surface area (Å²) >= 11 is 1.64. The number of thioether (sulfide) groups is 1. The van der Waals surface area contributed by atoms with Gasteiger partial charge in [0.05, 0.1) is 0 Å². The third-order valence-electron chi connectivity index (χ3n) is 1.80. The molecule has 0 heterocycles. The summed E-state index contributed by atoms with van der Waals surface area (Å²) in [7, 11) is 0. The molecule has 4 N–H and O–H groups in total. The second-order valence-corrected chi connectivity index (χ2v) is 4.42. The Balaban J connectivity index is 3.18. The minimum atomic E-state index is -0.967. The van der Waals surface area contributed by atoms with Crippen LogP contribution in [-0.4, -0.2) is 39.7 Å². The fourth-order valence-electron chi connectivity index (χ4n) is 0.956. The first-order valence-corrected chi connectivity index (χ1v) is 5.97. The first-order chi connectivity index (χ1) is 7.04. The summed E-state index contributed by atoms with van der Waals surface area (Å²) in [6.07, 6.45) is 2.08. The van der Waals surface area contributed by atoms with E-state index in [1.165, 1.54) is 0 Å². The summed E-state index contributed by atoms with van der Waals surface area (Å²) < 4.78 is 0. The van der Waals surface area contributed by atoms with E-state index in [0.717, 1.165) is 17.9 Å². The SMILES string of the molecule is NC(CCCSCCCC(=O)O)C(=O)O. The Hall–Kier alpha value is -0.750. The molecule has 0 aromatic heterocycles. The highest BCUT2D eigenvalue weighted by molar-refractivity contribution is 7.99. The molecule has 0 saturated heterocycles. The van der Waals surface area contributed by atoms with Crippen LogP contribution in [-0.2, 0) is 9.59 Å². The molecule has 0 spiro atoms. The maximum Gasteiger partial charge on any atom is 0.320 e. The Bertz CT molecular complexity index is 210. The summed E-state index contributed by atoms with van der Waals surface area (Å²) in [4.78, 5) is 20.5. The van der Waals surface area contributed by atoms with Crippen LogP contribution < -0.4 is 5.73 Å². The van der Waals surface area contributed by atoms with Crippen LogP contribution >= 0.6 is 11.8 Å². The van der Waals surface area contributed by atoms with Crippen LogP contribution in [0, 0.1) is 0 Å². The predicted molar refractivity (Wildman–Crippen MR) is 59.0 cm³/mol. The molecule has 0 aromatic carbocycles. The molecule has 0 rings (SSSR count). The molecule has 88 valence electrons. The van der Waals surface area contributed by atoms with Crippen LogP contribution in [0.25, 0.3) is 0 Å². The van der Waals surface area contributed by atoms with Crippen LogP contribution in [0.2, 0.25) is 0 Å². The van der Waals surface area contributed by atoms with Gasteiger partial charge in [0.2, 0.25) is 0 Å². The van der Waals surface area contributed by atoms with E-state index in [2.05, 4.69) is 0 Å². The largest absolute Gasteiger partial charge is 0.481 e. The number of carboxylic acids is 2. The lowest BCUT2D eigenvalue weighted by Gasteiger charge is -2.05. The van der Waals surface area contributed by atoms with Crippen LogP contribution in [0.5, 0.6) is 0 Å². The molecule has 0 aromatic rings. The van der Waals surface area contributed by atoms with Gasteiger partial charge in [-0.25, -0.2) is 0 Å². The lowest BCUT2D eigenvalue weighted by Crippen LogP contribution is -2.29. The van der Waals surface area contributed by atoms with Gasteiger partial charge in [-0.1, -0.05) is 0 Å². The van der Waals surface area contributed by atoms with Gasteiger partial charge in [0.25, 0.3) is 0 Å². The van der Waals surface area contributed by atoms with Crippen molar-refractivity contribution >= 4 is 23.7 Å². The molecule has 0 bridgehead atoms. The molecule has 1 atom stereocenters. The predicted octanol–water partition coefficient (Wildman–Crippen LogP) is 0.776. The summed E-state index contributed by atoms with van der Waals surface area (Å²) in [5.74, 6) is -0.107. The van der Waals surface area contributed by atoms with E-state index in [4.69, 9.17) is 15.9 Å². The van der Waals surface area contributed by atoms with Crippen LogP contribution in [0.3, 0.4) is 0 Å². The molecule has 5 nitrogen and oxygen atoms in total. The molecule has 15 heavy (non-hydrogen) atoms. The van der Waals surface area contributed by atoms with Crippen molar-refractivity contribution in [2.45, 2.75) is 31.7 Å². The Morgan fingerprint density at radius 3 is 2.33 bits per heavy atom. The minimum absolute atomic E-state index is 0.196. The maximum absolute atomic E-state index is 10.3. The molecule has 0 fully saturated rings. The van der Waals surface area contributed by atoms with Gasteiger partial charge in [-0.2, -0.15) is 11.8 Å². The van der Waals surface area contributed by atoms with Gasteiger partial charge in [0, 0.05) is 6.42 Å². The van der Waals surface area contributed by atoms with Crippen molar-refractivity contribution in [3.8, 4) is 0 Å². The Labute approximate surface area is 93.0 Å². The smallest absolute Gasteiger partial charge is 0.320 e. The van der Waals surface area contributed by atoms with E-state index in [1.54, 1.807) is 11.8 Å². The normalized spacial score (nSPS) is 12.3. The molecule has 0 radical (unpaired) electrons. The van der Waals surface area contributed by atoms with Crippen LogP contribution in [0.4, 0.5) is 0 Å². The average molecular weight is 235 g/mol. The summed E-state index contributed by atoms with van der Waals surface area (Å²) in [5.41, 5.74) is 5.31. The van der Waals surface area contributed by atoms with Crippen molar-refractivity contribution < 1.29 is 19.8 Å². The summed E-state index contributed by atoms with van der Waals surface area (Å²) in [5, 5.41) is 16.8. The van der Waals surface area contributed by atoms with Crippen molar-refractivity contribution in [2.24, 2.45) is 5.73 Å². The van der Waals surface area contributed by atoms with Crippen molar-refractivity contribution in [1.29, 1.82) is 0 Å². The fourth-order valence-corrected chi connectivity index (χ4v) is 1.88. The van der Waals surface area contributed by atoms with Gasteiger partial charge in [0.15, 0.2) is 0 Å². The third-order valence-corrected chi connectivity index (χ3v) is 2.96. The average Bonchev–Trinajstić information content (AvgIpc) is 2.15. The number of aliphatic carboxylic acids is 2. The molecule has 0 aliphatic carbocycles. The topological polar surface area (TPSA) is 101 Å². The van der Waals surface area contributed by atoms with Gasteiger partial charge in [0.1, 0.15) is 6.04 Å². The molecule has 0 aliphatic heterocycles. The van der Waals surface area contributed by atoms with E-state index in [0.29, 0.717) is 12.8 Å². The van der Waals surface area contributed by atoms with E-state index in [-0.39, 0.29) is 6.42 Å². The molecule has 1 unspecified atom stereocenters. The van der Waals surface area contributed by atoms with Crippen molar-refractivity contribution in [2.75, 3.05) is 11.5 Å². The van der Waals surface area contributed by atoms with Crippen molar-refractivity contribution in [3.63, 3.8) is 0 Å². The molecule has 0 saturated carbocycles. The Morgan fingerprint density at radius 1 is 1.20 bits per heavy atom. The third kappa shape index (κ3) is 9.55. The van der Waals surface area contributed by atoms with Crippen LogP contribution in [0.15, 0.2) is 0 Å². The highest BCUT2D eigenvalue weighted by atomic mass is 32.2. The number of hydrogen-bond donors (Lipinski definition) is 3. The maximum atomic E-state index is 10.3. The molecule has 6 heteroatoms. The number of nitrogens with two attached hydrogens (primary N) is 1. The van der Waals surface area contributed by atoms with Crippen molar-refractivity contribution in [1.82, 2.24) is 0 Å². The van der Waals surface area contributed by atoms with Crippen LogP contribution in [0.1, 0.15) is 25.7 Å². The molecular formula is C9H17NO4S. The number of hydrogen-bond acceptors (Lipinski definition) is 4. The second kappa shape index (κ2) is 8.55. The minimum Gasteiger partial charge on any atom is -0.481 e. The Kier molecular flexibility index (Phi) is 8.12. The standard InChI is InChI=1S/C9H17NO4S/c10-7(9(13)14)3-1-5-15-6-2-4-8(11)12/h7H,1-6,10H2,(H,11,12)(H,13,14). The zero-order chi connectivity index (χ0) is 11.7. The van der Waals surface area contributed by atoms with Crippen molar-refractivity contribution in [3.05, 3.63) is 0 Å². The van der Waals surface area contributed by atoms with Gasteiger partial charge in [-0.3, -0.25) is 9.59 Å². The number of carboxylic acid groups (broad SMARTS) is 2. The fraction of sp³-hybridized carbons (Fsp3) is 0.778. The van der Waals surface area contributed by atoms with E-state index >= 15 is 0 Å². The van der Waals surface area contributed by atoms with E-state index < -0.39 is 18.0 Å². The van der Waals surface area contributed by atoms with E-state index in [1.807, 2.05) is 0 Å². The molecule has 0 amide bonds. The number of rotatable bonds is 9. The lowest BCUT2D eigenvalue weighted by atomic mass is 10.2. The van der Waals surface area contributed by atoms with Gasteiger partial charge < -0.3 is 15.9 Å². The zero-order valence-electron chi connectivity index (χ0n) is 8.52. The zero-order valence-corrected chi connectivity index (χ0v) is 9.33. The van der Waals surface area contributed by atoms with Gasteiger partial charge in [-0.05, 0) is 30.8 Å². The number of carbonyl (C=O) groups is 2. The highest BCUT2D eigenvalue weighted by Crippen LogP contribution is 2.08. The summed E-state index contributed by atoms with van der Waals surface area (Å²) in [6.45, 7) is 0. The molecular weight excluding hydrogens is 218 g/mol. The van der Waals surface area contributed by atoms with Gasteiger partial charge in [-0.15, -0.1) is 0 Å². The first-order valence-electron chi connectivity index (χ1n) is 4.82. The summed E-state index contributed by atoms with van der Waals surface area (Å²) in [6, 6.07) is -0.774. The first kappa shape index (κ1) is 14.2. The molecule has 0 aliphatic rings. The second-order valence-electron chi connectivity index (χ2n) is 3.20. The van der Waals surface area contributed by atoms with E-state index in [9.17, 15) is 9.59 Å². The quantitative estimate of drug-likeness (QED) is 0.510.